The molecule has 0 bridgehead atoms. The number of hydrogen-bond donors (Lipinski definition) is 1. The van der Waals surface area contributed by atoms with Crippen LogP contribution >= 0.6 is 15.9 Å². The van der Waals surface area contributed by atoms with Gasteiger partial charge in [-0.1, -0.05) is 0 Å². The van der Waals surface area contributed by atoms with E-state index in [1.54, 1.807) is 6.92 Å². The fourth-order valence-electron chi connectivity index (χ4n) is 2.04. The smallest absolute Gasteiger partial charge is 0.219 e. The molecule has 1 fully saturated rings. The molecule has 5 heteroatoms. The van der Waals surface area contributed by atoms with Crippen LogP contribution in [-0.4, -0.2) is 34.9 Å². The number of hydrogen-bond acceptors (Lipinski definition) is 3. The molecule has 1 aromatic heterocycles. The molecule has 92 valence electrons. The second-order valence-corrected chi connectivity index (χ2v) is 5.11. The number of likely N-dealkylation sites (tertiary alicyclic amines) is 1. The molecule has 2 heterocycles. The van der Waals surface area contributed by atoms with E-state index >= 15 is 0 Å². The number of carbonyl (C=O) groups excluding carboxylic acids is 1. The van der Waals surface area contributed by atoms with E-state index in [-0.39, 0.29) is 5.91 Å². The Kier molecular flexibility index (Phi) is 3.99. The minimum Gasteiger partial charge on any atom is -0.381 e. The first-order valence-electron chi connectivity index (χ1n) is 5.79. The Balaban J connectivity index is 1.85. The maximum absolute atomic E-state index is 11.2. The number of piperidine rings is 1. The van der Waals surface area contributed by atoms with Gasteiger partial charge >= 0.3 is 0 Å². The molecule has 0 unspecified atom stereocenters. The summed E-state index contributed by atoms with van der Waals surface area (Å²) >= 11 is 3.31. The molecule has 1 aromatic rings. The topological polar surface area (TPSA) is 45.2 Å². The highest BCUT2D eigenvalue weighted by Gasteiger charge is 2.20. The van der Waals surface area contributed by atoms with Gasteiger partial charge in [-0.05, 0) is 40.9 Å². The van der Waals surface area contributed by atoms with Crippen molar-refractivity contribution in [3.05, 3.63) is 22.9 Å². The summed E-state index contributed by atoms with van der Waals surface area (Å²) in [6.07, 6.45) is 3.81. The molecule has 1 aliphatic rings. The van der Waals surface area contributed by atoms with Crippen LogP contribution in [0.5, 0.6) is 0 Å². The van der Waals surface area contributed by atoms with Gasteiger partial charge in [0.15, 0.2) is 0 Å². The summed E-state index contributed by atoms with van der Waals surface area (Å²) in [6.45, 7) is 3.32. The van der Waals surface area contributed by atoms with Crippen molar-refractivity contribution < 1.29 is 4.79 Å². The molecular weight excluding hydrogens is 282 g/mol. The average molecular weight is 298 g/mol. The molecule has 0 radical (unpaired) electrons. The Hall–Kier alpha value is -1.10. The lowest BCUT2D eigenvalue weighted by Crippen LogP contribution is -2.41. The number of aromatic nitrogens is 1. The first-order valence-corrected chi connectivity index (χ1v) is 6.58. The zero-order valence-electron chi connectivity index (χ0n) is 9.82. The fourth-order valence-corrected chi connectivity index (χ4v) is 2.27. The first-order chi connectivity index (χ1) is 8.15. The predicted octanol–water partition coefficient (Wildman–Crippen LogP) is 2.27. The maximum Gasteiger partial charge on any atom is 0.219 e. The number of pyridine rings is 1. The number of rotatable bonds is 2. The highest BCUT2D eigenvalue weighted by Crippen LogP contribution is 2.17. The molecule has 0 atom stereocenters. The normalized spacial score (nSPS) is 16.9. The number of nitrogens with zero attached hydrogens (tertiary/aromatic N) is 2. The van der Waals surface area contributed by atoms with Crippen LogP contribution in [0.4, 0.5) is 5.69 Å². The summed E-state index contributed by atoms with van der Waals surface area (Å²) in [5.41, 5.74) is 1.04. The third-order valence-electron chi connectivity index (χ3n) is 3.04. The van der Waals surface area contributed by atoms with Crippen molar-refractivity contribution in [1.29, 1.82) is 0 Å². The maximum atomic E-state index is 11.2. The number of amides is 1. The molecule has 0 aliphatic carbocycles. The van der Waals surface area contributed by atoms with E-state index in [4.69, 9.17) is 0 Å². The van der Waals surface area contributed by atoms with Gasteiger partial charge in [-0.2, -0.15) is 0 Å². The lowest BCUT2D eigenvalue weighted by molar-refractivity contribution is -0.129. The van der Waals surface area contributed by atoms with Crippen LogP contribution in [0.3, 0.4) is 0 Å². The Morgan fingerprint density at radius 3 is 2.71 bits per heavy atom. The van der Waals surface area contributed by atoms with Crippen molar-refractivity contribution in [2.24, 2.45) is 0 Å². The first kappa shape index (κ1) is 12.4. The molecule has 1 aliphatic heterocycles. The van der Waals surface area contributed by atoms with Crippen LogP contribution in [-0.2, 0) is 4.79 Å². The Morgan fingerprint density at radius 2 is 2.18 bits per heavy atom. The molecule has 4 nitrogen and oxygen atoms in total. The van der Waals surface area contributed by atoms with Gasteiger partial charge in [0.05, 0.1) is 11.9 Å². The van der Waals surface area contributed by atoms with Crippen molar-refractivity contribution in [3.8, 4) is 0 Å². The van der Waals surface area contributed by atoms with E-state index < -0.39 is 0 Å². The molecule has 1 N–H and O–H groups in total. The summed E-state index contributed by atoms with van der Waals surface area (Å²) in [4.78, 5) is 17.3. The Bertz CT molecular complexity index is 385. The Morgan fingerprint density at radius 1 is 1.47 bits per heavy atom. The minimum atomic E-state index is 0.175. The minimum absolute atomic E-state index is 0.175. The third-order valence-corrected chi connectivity index (χ3v) is 3.51. The van der Waals surface area contributed by atoms with Crippen LogP contribution in [0.15, 0.2) is 22.9 Å². The second-order valence-electron chi connectivity index (χ2n) is 4.29. The van der Waals surface area contributed by atoms with Crippen molar-refractivity contribution in [2.45, 2.75) is 25.8 Å². The third kappa shape index (κ3) is 3.43. The molecule has 1 saturated heterocycles. The lowest BCUT2D eigenvalue weighted by Gasteiger charge is -2.32. The summed E-state index contributed by atoms with van der Waals surface area (Å²) in [6, 6.07) is 4.37. The van der Waals surface area contributed by atoms with E-state index in [1.807, 2.05) is 23.2 Å². The van der Waals surface area contributed by atoms with Crippen molar-refractivity contribution in [2.75, 3.05) is 18.4 Å². The van der Waals surface area contributed by atoms with Crippen LogP contribution in [0.2, 0.25) is 0 Å². The highest BCUT2D eigenvalue weighted by molar-refractivity contribution is 9.10. The number of carbonyl (C=O) groups is 1. The molecule has 2 rings (SSSR count). The summed E-state index contributed by atoms with van der Waals surface area (Å²) in [7, 11) is 0. The van der Waals surface area contributed by atoms with Crippen molar-refractivity contribution in [3.63, 3.8) is 0 Å². The molecule has 1 amide bonds. The number of nitrogens with one attached hydrogen (secondary N) is 1. The van der Waals surface area contributed by atoms with Gasteiger partial charge in [-0.15, -0.1) is 0 Å². The van der Waals surface area contributed by atoms with E-state index in [0.717, 1.165) is 36.2 Å². The van der Waals surface area contributed by atoms with Gasteiger partial charge in [0.25, 0.3) is 0 Å². The van der Waals surface area contributed by atoms with Crippen LogP contribution in [0.1, 0.15) is 19.8 Å². The summed E-state index contributed by atoms with van der Waals surface area (Å²) in [5.74, 6) is 0.175. The molecule has 0 spiro atoms. The van der Waals surface area contributed by atoms with Gasteiger partial charge in [-0.25, -0.2) is 4.98 Å². The largest absolute Gasteiger partial charge is 0.381 e. The number of anilines is 1. The SMILES string of the molecule is CC(=O)N1CCC(Nc2ccc(Br)nc2)CC1. The van der Waals surface area contributed by atoms with Crippen molar-refractivity contribution >= 4 is 27.5 Å². The van der Waals surface area contributed by atoms with Gasteiger partial charge in [0.2, 0.25) is 5.91 Å². The van der Waals surface area contributed by atoms with E-state index in [0.29, 0.717) is 6.04 Å². The quantitative estimate of drug-likeness (QED) is 0.852. The highest BCUT2D eigenvalue weighted by atomic mass is 79.9. The number of halogens is 1. The van der Waals surface area contributed by atoms with Gasteiger partial charge in [0.1, 0.15) is 4.60 Å². The lowest BCUT2D eigenvalue weighted by atomic mass is 10.0. The van der Waals surface area contributed by atoms with Crippen LogP contribution in [0.25, 0.3) is 0 Å². The zero-order chi connectivity index (χ0) is 12.3. The average Bonchev–Trinajstić information content (AvgIpc) is 2.33. The Labute approximate surface area is 110 Å². The predicted molar refractivity (Wildman–Crippen MR) is 70.8 cm³/mol. The zero-order valence-corrected chi connectivity index (χ0v) is 11.4. The van der Waals surface area contributed by atoms with E-state index in [1.165, 1.54) is 0 Å². The standard InChI is InChI=1S/C12H16BrN3O/c1-9(17)16-6-4-10(5-7-16)15-11-2-3-12(13)14-8-11/h2-3,8,10,15H,4-7H2,1H3. The molecule has 17 heavy (non-hydrogen) atoms. The van der Waals surface area contributed by atoms with E-state index in [2.05, 4.69) is 26.2 Å². The fraction of sp³-hybridized carbons (Fsp3) is 0.500. The van der Waals surface area contributed by atoms with Crippen LogP contribution in [0, 0.1) is 0 Å². The molecule has 0 saturated carbocycles. The second kappa shape index (κ2) is 5.49. The van der Waals surface area contributed by atoms with Crippen LogP contribution < -0.4 is 5.32 Å². The summed E-state index contributed by atoms with van der Waals surface area (Å²) in [5, 5.41) is 3.45. The molecular formula is C12H16BrN3O. The molecule has 0 aromatic carbocycles. The van der Waals surface area contributed by atoms with Gasteiger partial charge in [0, 0.05) is 26.1 Å². The monoisotopic (exact) mass is 297 g/mol. The summed E-state index contributed by atoms with van der Waals surface area (Å²) < 4.78 is 0.842. The van der Waals surface area contributed by atoms with Gasteiger partial charge < -0.3 is 10.2 Å². The van der Waals surface area contributed by atoms with Gasteiger partial charge in [-0.3, -0.25) is 4.79 Å². The van der Waals surface area contributed by atoms with Crippen molar-refractivity contribution in [1.82, 2.24) is 9.88 Å². The van der Waals surface area contributed by atoms with E-state index in [9.17, 15) is 4.79 Å².